The van der Waals surface area contributed by atoms with Crippen LogP contribution in [-0.2, 0) is 0 Å². The predicted octanol–water partition coefficient (Wildman–Crippen LogP) is 13.1. The fourth-order valence-corrected chi connectivity index (χ4v) is 7.39. The quantitative estimate of drug-likeness (QED) is 0.180. The number of rotatable bonds is 5. The van der Waals surface area contributed by atoms with E-state index in [2.05, 4.69) is 210 Å². The number of hydrogen-bond acceptors (Lipinski definition) is 1. The Kier molecular flexibility index (Phi) is 7.75. The normalized spacial score (nSPS) is 14.1. The molecule has 7 aromatic carbocycles. The molecule has 51 heavy (non-hydrogen) atoms. The topological polar surface area (TPSA) is 8.17 Å². The van der Waals surface area contributed by atoms with Gasteiger partial charge < -0.3 is 9.47 Å². The van der Waals surface area contributed by atoms with E-state index < -0.39 is 0 Å². The van der Waals surface area contributed by atoms with E-state index in [1.807, 2.05) is 0 Å². The first-order valence-electron chi connectivity index (χ1n) is 17.5. The summed E-state index contributed by atoms with van der Waals surface area (Å²) in [6.07, 6.45) is 8.52. The van der Waals surface area contributed by atoms with Crippen LogP contribution in [0.25, 0.3) is 66.4 Å². The molecular weight excluding hydrogens is 617 g/mol. The minimum absolute atomic E-state index is 0.756. The van der Waals surface area contributed by atoms with E-state index in [1.54, 1.807) is 0 Å². The molecule has 0 aliphatic carbocycles. The van der Waals surface area contributed by atoms with E-state index in [4.69, 9.17) is 0 Å². The van der Waals surface area contributed by atoms with Crippen LogP contribution in [-0.4, -0.2) is 11.1 Å². The number of anilines is 2. The third-order valence-electron chi connectivity index (χ3n) is 9.99. The first kappa shape index (κ1) is 30.4. The van der Waals surface area contributed by atoms with Crippen LogP contribution in [0.2, 0.25) is 0 Å². The average Bonchev–Trinajstić information content (AvgIpc) is 3.56. The molecule has 0 atom stereocenters. The fourth-order valence-electron chi connectivity index (χ4n) is 7.39. The zero-order valence-corrected chi connectivity index (χ0v) is 28.3. The van der Waals surface area contributed by atoms with Gasteiger partial charge in [-0.3, -0.25) is 0 Å². The summed E-state index contributed by atoms with van der Waals surface area (Å²) in [6, 6.07) is 61.3. The van der Waals surface area contributed by atoms with Crippen LogP contribution in [0.1, 0.15) is 5.56 Å². The highest BCUT2D eigenvalue weighted by molar-refractivity contribution is 6.10. The van der Waals surface area contributed by atoms with E-state index in [1.165, 1.54) is 55.2 Å². The second-order valence-electron chi connectivity index (χ2n) is 13.1. The fraction of sp³-hybridized carbons (Fsp3) is 0.0204. The molecule has 8 aromatic rings. The van der Waals surface area contributed by atoms with Gasteiger partial charge in [0.2, 0.25) is 0 Å². The van der Waals surface area contributed by atoms with Crippen LogP contribution in [0.3, 0.4) is 0 Å². The highest BCUT2D eigenvalue weighted by atomic mass is 15.1. The van der Waals surface area contributed by atoms with Crippen molar-refractivity contribution in [3.63, 3.8) is 0 Å². The monoisotopic (exact) mass is 652 g/mol. The Morgan fingerprint density at radius 2 is 0.980 bits per heavy atom. The predicted molar refractivity (Wildman–Crippen MR) is 218 cm³/mol. The van der Waals surface area contributed by atoms with E-state index in [-0.39, 0.29) is 0 Å². The lowest BCUT2D eigenvalue weighted by molar-refractivity contribution is 1.09. The number of para-hydroxylation sites is 1. The summed E-state index contributed by atoms with van der Waals surface area (Å²) in [5.41, 5.74) is 15.2. The van der Waals surface area contributed by atoms with Crippen molar-refractivity contribution in [2.24, 2.45) is 0 Å². The lowest BCUT2D eigenvalue weighted by Crippen LogP contribution is -2.18. The molecule has 0 unspecified atom stereocenters. The van der Waals surface area contributed by atoms with E-state index >= 15 is 0 Å². The van der Waals surface area contributed by atoms with Crippen LogP contribution < -0.4 is 4.90 Å². The summed E-state index contributed by atoms with van der Waals surface area (Å²) < 4.78 is 2.38. The van der Waals surface area contributed by atoms with Gasteiger partial charge in [-0.1, -0.05) is 146 Å². The number of aromatic nitrogens is 1. The Bertz CT molecular complexity index is 2590. The third-order valence-corrected chi connectivity index (χ3v) is 9.99. The summed E-state index contributed by atoms with van der Waals surface area (Å²) in [7, 11) is 0. The van der Waals surface area contributed by atoms with Gasteiger partial charge in [-0.2, -0.15) is 0 Å². The molecule has 0 saturated carbocycles. The summed E-state index contributed by atoms with van der Waals surface area (Å²) in [6.45, 7) is 5.27. The van der Waals surface area contributed by atoms with Crippen LogP contribution in [0.4, 0.5) is 11.4 Å². The molecule has 0 spiro atoms. The molecule has 0 radical (unpaired) electrons. The largest absolute Gasteiger partial charge is 0.337 e. The smallest absolute Gasteiger partial charge is 0.0541 e. The second kappa shape index (κ2) is 13.0. The molecule has 0 amide bonds. The summed E-state index contributed by atoms with van der Waals surface area (Å²) >= 11 is 0. The standard InChI is InChI=1S/C49H36N2/c1-35-13-5-4-12-32-50(42-26-20-38(21-27-42)36-14-6-2-7-15-36)47-30-24-40(33-45(35)47)41-25-31-49-46(34-41)44-18-10-11-19-48(44)51(49)43-28-22-39(23-29-43)37-16-8-3-9-17-37/h2-31,33-34H,1,32H2/b12-4-,13-5-. The molecule has 1 aromatic heterocycles. The minimum atomic E-state index is 0.756. The number of allylic oxidation sites excluding steroid dienone is 4. The average molecular weight is 653 g/mol. The van der Waals surface area contributed by atoms with Crippen molar-refractivity contribution in [3.8, 4) is 39.1 Å². The molecule has 0 saturated heterocycles. The molecule has 0 bridgehead atoms. The second-order valence-corrected chi connectivity index (χ2v) is 13.1. The van der Waals surface area contributed by atoms with Crippen molar-refractivity contribution in [2.75, 3.05) is 11.4 Å². The Morgan fingerprint density at radius 1 is 0.431 bits per heavy atom. The minimum Gasteiger partial charge on any atom is -0.337 e. The molecule has 1 aliphatic rings. The van der Waals surface area contributed by atoms with Gasteiger partial charge in [0, 0.05) is 39.9 Å². The first-order valence-corrected chi connectivity index (χ1v) is 17.5. The number of nitrogens with zero attached hydrogens (tertiary/aromatic N) is 2. The van der Waals surface area contributed by atoms with Crippen molar-refractivity contribution >= 4 is 38.8 Å². The van der Waals surface area contributed by atoms with Crippen molar-refractivity contribution in [1.29, 1.82) is 0 Å². The van der Waals surface area contributed by atoms with Gasteiger partial charge in [-0.05, 0) is 93.6 Å². The lowest BCUT2D eigenvalue weighted by Gasteiger charge is -2.27. The van der Waals surface area contributed by atoms with Crippen LogP contribution >= 0.6 is 0 Å². The molecule has 2 heteroatoms. The van der Waals surface area contributed by atoms with E-state index in [0.29, 0.717) is 0 Å². The summed E-state index contributed by atoms with van der Waals surface area (Å²) in [4.78, 5) is 2.38. The van der Waals surface area contributed by atoms with Crippen molar-refractivity contribution in [3.05, 3.63) is 206 Å². The van der Waals surface area contributed by atoms with Gasteiger partial charge in [0.15, 0.2) is 0 Å². The Morgan fingerprint density at radius 3 is 1.69 bits per heavy atom. The molecule has 1 aliphatic heterocycles. The summed E-state index contributed by atoms with van der Waals surface area (Å²) in [5, 5.41) is 2.48. The number of fused-ring (bicyclic) bond motifs is 4. The van der Waals surface area contributed by atoms with Crippen LogP contribution in [0.15, 0.2) is 201 Å². The van der Waals surface area contributed by atoms with Crippen molar-refractivity contribution in [1.82, 2.24) is 4.57 Å². The van der Waals surface area contributed by atoms with Gasteiger partial charge in [0.25, 0.3) is 0 Å². The van der Waals surface area contributed by atoms with Crippen molar-refractivity contribution in [2.45, 2.75) is 0 Å². The Labute approximate surface area is 299 Å². The zero-order valence-electron chi connectivity index (χ0n) is 28.3. The lowest BCUT2D eigenvalue weighted by atomic mass is 9.96. The summed E-state index contributed by atoms with van der Waals surface area (Å²) in [5.74, 6) is 0. The van der Waals surface area contributed by atoms with Crippen molar-refractivity contribution < 1.29 is 0 Å². The maximum absolute atomic E-state index is 4.52. The maximum Gasteiger partial charge on any atom is 0.0541 e. The number of hydrogen-bond donors (Lipinski definition) is 0. The molecule has 242 valence electrons. The molecule has 2 heterocycles. The van der Waals surface area contributed by atoms with Gasteiger partial charge in [-0.15, -0.1) is 0 Å². The molecule has 0 N–H and O–H groups in total. The Hall–Kier alpha value is -6.64. The van der Waals surface area contributed by atoms with E-state index in [0.717, 1.165) is 34.7 Å². The molecular formula is C49H36N2. The molecule has 0 fully saturated rings. The first-order chi connectivity index (χ1) is 25.2. The molecule has 2 nitrogen and oxygen atoms in total. The highest BCUT2D eigenvalue weighted by Crippen LogP contribution is 2.39. The third kappa shape index (κ3) is 5.67. The van der Waals surface area contributed by atoms with Gasteiger partial charge in [-0.25, -0.2) is 0 Å². The van der Waals surface area contributed by atoms with Crippen LogP contribution in [0.5, 0.6) is 0 Å². The highest BCUT2D eigenvalue weighted by Gasteiger charge is 2.18. The SMILES string of the molecule is C=C1/C=C\C=C/CN(c2ccc(-c3ccccc3)cc2)c2ccc(-c3ccc4c(c3)c3ccccc3n4-c3ccc(-c4ccccc4)cc3)cc21. The number of benzene rings is 7. The molecule has 9 rings (SSSR count). The van der Waals surface area contributed by atoms with Gasteiger partial charge in [0.1, 0.15) is 0 Å². The van der Waals surface area contributed by atoms with Gasteiger partial charge in [0.05, 0.1) is 11.0 Å². The maximum atomic E-state index is 4.52. The van der Waals surface area contributed by atoms with E-state index in [9.17, 15) is 0 Å². The van der Waals surface area contributed by atoms with Gasteiger partial charge >= 0.3 is 0 Å². The zero-order chi connectivity index (χ0) is 34.1. The Balaban J connectivity index is 1.11. The van der Waals surface area contributed by atoms with Crippen LogP contribution in [0, 0.1) is 0 Å².